The van der Waals surface area contributed by atoms with Gasteiger partial charge in [-0.05, 0) is 25.0 Å². The molecule has 3 rings (SSSR count). The van der Waals surface area contributed by atoms with Crippen LogP contribution in [-0.2, 0) is 19.0 Å². The predicted octanol–water partition coefficient (Wildman–Crippen LogP) is 2.10. The van der Waals surface area contributed by atoms with Crippen LogP contribution in [0.2, 0.25) is 0 Å². The summed E-state index contributed by atoms with van der Waals surface area (Å²) in [5.41, 5.74) is 0.551. The molecule has 18 heavy (non-hydrogen) atoms. The summed E-state index contributed by atoms with van der Waals surface area (Å²) in [6, 6.07) is 0. The number of hydrogen-bond acceptors (Lipinski definition) is 4. The number of esters is 1. The molecule has 1 saturated heterocycles. The van der Waals surface area contributed by atoms with Gasteiger partial charge in [-0.3, -0.25) is 0 Å². The first-order valence-corrected chi connectivity index (χ1v) is 6.56. The second-order valence-corrected chi connectivity index (χ2v) is 5.11. The van der Waals surface area contributed by atoms with E-state index in [9.17, 15) is 4.79 Å². The van der Waals surface area contributed by atoms with Gasteiger partial charge in [0.2, 0.25) is 0 Å². The standard InChI is InChI=1S/C14H18O4/c1-16-13(15)10-5-6-11-12(9-10)18-14(17-11)7-3-2-4-8-14/h5-6,9,11-12H,2-4,7-8H2,1H3/t11-,12+/m0/s1. The van der Waals surface area contributed by atoms with Gasteiger partial charge in [0.1, 0.15) is 12.2 Å². The van der Waals surface area contributed by atoms with Crippen LogP contribution in [0.4, 0.5) is 0 Å². The van der Waals surface area contributed by atoms with Crippen LogP contribution in [0.3, 0.4) is 0 Å². The lowest BCUT2D eigenvalue weighted by atomic mass is 9.94. The second kappa shape index (κ2) is 4.52. The molecule has 1 aliphatic heterocycles. The Kier molecular flexibility index (Phi) is 2.99. The average molecular weight is 250 g/mol. The highest BCUT2D eigenvalue weighted by Crippen LogP contribution is 2.42. The van der Waals surface area contributed by atoms with E-state index in [1.165, 1.54) is 13.5 Å². The molecular formula is C14H18O4. The summed E-state index contributed by atoms with van der Waals surface area (Å²) in [5, 5.41) is 0. The van der Waals surface area contributed by atoms with Crippen molar-refractivity contribution in [2.45, 2.75) is 50.1 Å². The third-order valence-electron chi connectivity index (χ3n) is 3.87. The lowest BCUT2D eigenvalue weighted by Gasteiger charge is -2.31. The number of carbonyl (C=O) groups excluding carboxylic acids is 1. The molecule has 0 bridgehead atoms. The topological polar surface area (TPSA) is 44.8 Å². The number of carbonyl (C=O) groups is 1. The molecule has 0 unspecified atom stereocenters. The summed E-state index contributed by atoms with van der Waals surface area (Å²) < 4.78 is 16.8. The van der Waals surface area contributed by atoms with E-state index in [-0.39, 0.29) is 18.2 Å². The van der Waals surface area contributed by atoms with Gasteiger partial charge >= 0.3 is 5.97 Å². The Balaban J connectivity index is 1.76. The van der Waals surface area contributed by atoms with E-state index in [4.69, 9.17) is 14.2 Å². The summed E-state index contributed by atoms with van der Waals surface area (Å²) in [6.07, 6.45) is 10.7. The molecule has 2 atom stereocenters. The van der Waals surface area contributed by atoms with Crippen LogP contribution in [0.25, 0.3) is 0 Å². The Bertz CT molecular complexity index is 404. The van der Waals surface area contributed by atoms with Crippen LogP contribution >= 0.6 is 0 Å². The van der Waals surface area contributed by atoms with Crippen molar-refractivity contribution in [1.29, 1.82) is 0 Å². The zero-order chi connectivity index (χ0) is 12.6. The summed E-state index contributed by atoms with van der Waals surface area (Å²) in [7, 11) is 1.39. The molecule has 3 aliphatic rings. The van der Waals surface area contributed by atoms with E-state index in [1.807, 2.05) is 12.2 Å². The van der Waals surface area contributed by atoms with Crippen molar-refractivity contribution < 1.29 is 19.0 Å². The molecule has 0 N–H and O–H groups in total. The zero-order valence-corrected chi connectivity index (χ0v) is 10.6. The summed E-state index contributed by atoms with van der Waals surface area (Å²) in [5.74, 6) is -0.738. The maximum atomic E-state index is 11.5. The normalized spacial score (nSPS) is 33.1. The Hall–Kier alpha value is -1.13. The molecule has 4 nitrogen and oxygen atoms in total. The first-order chi connectivity index (χ1) is 8.72. The van der Waals surface area contributed by atoms with Crippen LogP contribution < -0.4 is 0 Å². The van der Waals surface area contributed by atoms with Gasteiger partial charge in [-0.1, -0.05) is 12.5 Å². The number of methoxy groups -OCH3 is 1. The maximum Gasteiger partial charge on any atom is 0.337 e. The third-order valence-corrected chi connectivity index (χ3v) is 3.87. The van der Waals surface area contributed by atoms with Gasteiger partial charge in [0.05, 0.1) is 12.7 Å². The largest absolute Gasteiger partial charge is 0.465 e. The van der Waals surface area contributed by atoms with E-state index in [1.54, 1.807) is 6.08 Å². The molecule has 1 spiro atoms. The Labute approximate surface area is 107 Å². The van der Waals surface area contributed by atoms with Crippen LogP contribution in [-0.4, -0.2) is 31.1 Å². The molecule has 2 fully saturated rings. The highest BCUT2D eigenvalue weighted by molar-refractivity contribution is 5.91. The minimum absolute atomic E-state index is 0.0588. The van der Waals surface area contributed by atoms with Crippen LogP contribution in [0.15, 0.2) is 23.8 Å². The third kappa shape index (κ3) is 1.99. The highest BCUT2D eigenvalue weighted by Gasteiger charge is 2.47. The van der Waals surface area contributed by atoms with Gasteiger partial charge in [0.25, 0.3) is 0 Å². The van der Waals surface area contributed by atoms with Crippen molar-refractivity contribution in [3.8, 4) is 0 Å². The van der Waals surface area contributed by atoms with Crippen LogP contribution in [0.1, 0.15) is 32.1 Å². The zero-order valence-electron chi connectivity index (χ0n) is 10.6. The molecule has 0 radical (unpaired) electrons. The van der Waals surface area contributed by atoms with Crippen LogP contribution in [0, 0.1) is 0 Å². The van der Waals surface area contributed by atoms with Gasteiger partial charge in [-0.2, -0.15) is 0 Å². The number of ether oxygens (including phenoxy) is 3. The summed E-state index contributed by atoms with van der Waals surface area (Å²) in [6.45, 7) is 0. The highest BCUT2D eigenvalue weighted by atomic mass is 16.8. The minimum atomic E-state index is -0.417. The SMILES string of the molecule is COC(=O)C1=C[C@H]2OC3(CCCCC3)O[C@H]2C=C1. The first-order valence-electron chi connectivity index (χ1n) is 6.56. The molecule has 98 valence electrons. The number of hydrogen-bond donors (Lipinski definition) is 0. The molecular weight excluding hydrogens is 232 g/mol. The fraction of sp³-hybridized carbons (Fsp3) is 0.643. The molecule has 0 aromatic carbocycles. The fourth-order valence-corrected chi connectivity index (χ4v) is 2.95. The Morgan fingerprint density at radius 2 is 2.00 bits per heavy atom. The van der Waals surface area contributed by atoms with Crippen molar-refractivity contribution in [2.24, 2.45) is 0 Å². The molecule has 1 saturated carbocycles. The minimum Gasteiger partial charge on any atom is -0.465 e. The molecule has 1 heterocycles. The quantitative estimate of drug-likeness (QED) is 0.668. The van der Waals surface area contributed by atoms with E-state index >= 15 is 0 Å². The van der Waals surface area contributed by atoms with Crippen molar-refractivity contribution in [2.75, 3.05) is 7.11 Å². The van der Waals surface area contributed by atoms with E-state index in [2.05, 4.69) is 0 Å². The van der Waals surface area contributed by atoms with Crippen molar-refractivity contribution >= 4 is 5.97 Å². The average Bonchev–Trinajstić information content (AvgIpc) is 2.74. The summed E-state index contributed by atoms with van der Waals surface area (Å²) >= 11 is 0. The lowest BCUT2D eigenvalue weighted by Crippen LogP contribution is -2.33. The van der Waals surface area contributed by atoms with Gasteiger partial charge in [0, 0.05) is 12.8 Å². The van der Waals surface area contributed by atoms with E-state index in [0.717, 1.165) is 25.7 Å². The van der Waals surface area contributed by atoms with Gasteiger partial charge < -0.3 is 14.2 Å². The first kappa shape index (κ1) is 11.9. The van der Waals surface area contributed by atoms with Crippen molar-refractivity contribution in [3.63, 3.8) is 0 Å². The van der Waals surface area contributed by atoms with Crippen molar-refractivity contribution in [3.05, 3.63) is 23.8 Å². The molecule has 0 amide bonds. The summed E-state index contributed by atoms with van der Waals surface area (Å²) in [4.78, 5) is 11.5. The van der Waals surface area contributed by atoms with E-state index < -0.39 is 5.79 Å². The Morgan fingerprint density at radius 1 is 1.28 bits per heavy atom. The van der Waals surface area contributed by atoms with Gasteiger partial charge in [-0.15, -0.1) is 0 Å². The van der Waals surface area contributed by atoms with Crippen molar-refractivity contribution in [1.82, 2.24) is 0 Å². The van der Waals surface area contributed by atoms with Gasteiger partial charge in [-0.25, -0.2) is 4.79 Å². The van der Waals surface area contributed by atoms with Gasteiger partial charge in [0.15, 0.2) is 5.79 Å². The fourth-order valence-electron chi connectivity index (χ4n) is 2.95. The number of rotatable bonds is 1. The Morgan fingerprint density at radius 3 is 2.72 bits per heavy atom. The second-order valence-electron chi connectivity index (χ2n) is 5.11. The monoisotopic (exact) mass is 250 g/mol. The lowest BCUT2D eigenvalue weighted by molar-refractivity contribution is -0.187. The molecule has 4 heteroatoms. The molecule has 0 aromatic rings. The number of fused-ring (bicyclic) bond motifs is 1. The molecule has 0 aromatic heterocycles. The smallest absolute Gasteiger partial charge is 0.337 e. The predicted molar refractivity (Wildman–Crippen MR) is 64.8 cm³/mol. The maximum absolute atomic E-state index is 11.5. The van der Waals surface area contributed by atoms with Crippen LogP contribution in [0.5, 0.6) is 0 Å². The van der Waals surface area contributed by atoms with E-state index in [0.29, 0.717) is 5.57 Å². The molecule has 2 aliphatic carbocycles.